The van der Waals surface area contributed by atoms with Crippen molar-refractivity contribution < 1.29 is 92.3 Å². The maximum atomic E-state index is 12.4. The molecule has 2 aromatic carbocycles. The second kappa shape index (κ2) is 59.0. The molecule has 111 heavy (non-hydrogen) atoms. The zero-order valence-corrected chi connectivity index (χ0v) is 70.0. The van der Waals surface area contributed by atoms with Crippen molar-refractivity contribution in [3.63, 3.8) is 0 Å². The molecule has 4 amide bonds. The molecule has 0 spiro atoms. The number of benzene rings is 2. The zero-order chi connectivity index (χ0) is 84.3. The first-order valence-electron chi connectivity index (χ1n) is 37.3. The number of carbonyl (C=O) groups is 8. The van der Waals surface area contributed by atoms with E-state index in [2.05, 4.69) is 120 Å². The number of amides is 4. The minimum Gasteiger partial charge on any atom is -0.478 e. The molecule has 11 unspecified atom stereocenters. The van der Waals surface area contributed by atoms with Crippen LogP contribution >= 0.6 is 15.9 Å². The van der Waals surface area contributed by atoms with Gasteiger partial charge in [0.2, 0.25) is 5.91 Å². The molecule has 11 atom stereocenters. The van der Waals surface area contributed by atoms with Gasteiger partial charge in [-0.15, -0.1) is 10.2 Å². The molecule has 4 aliphatic heterocycles. The molecule has 8 rings (SSSR count). The van der Waals surface area contributed by atoms with Crippen molar-refractivity contribution in [3.8, 4) is 22.8 Å². The van der Waals surface area contributed by atoms with Crippen LogP contribution in [0.5, 0.6) is 0 Å². The van der Waals surface area contributed by atoms with Crippen LogP contribution in [0.3, 0.4) is 0 Å². The normalized spacial score (nSPS) is 20.1. The summed E-state index contributed by atoms with van der Waals surface area (Å²) in [6, 6.07) is 12.7. The molecule has 0 aliphatic carbocycles. The van der Waals surface area contributed by atoms with Crippen molar-refractivity contribution in [1.82, 2.24) is 60.4 Å². The van der Waals surface area contributed by atoms with E-state index in [9.17, 15) is 38.4 Å². The van der Waals surface area contributed by atoms with E-state index < -0.39 is 23.7 Å². The van der Waals surface area contributed by atoms with Crippen molar-refractivity contribution in [3.05, 3.63) is 83.5 Å². The number of aryl methyl sites for hydroxylation is 4. The highest BCUT2D eigenvalue weighted by atomic mass is 79.9. The number of aliphatic carboxylic acids is 1. The second-order valence-corrected chi connectivity index (χ2v) is 28.4. The first-order chi connectivity index (χ1) is 52.4. The maximum Gasteiger partial charge on any atom is 0.329 e. The molecule has 4 saturated heterocycles. The van der Waals surface area contributed by atoms with Crippen molar-refractivity contribution in [2.45, 2.75) is 180 Å². The highest BCUT2D eigenvalue weighted by Crippen LogP contribution is 2.22. The number of hydrogen-bond acceptors (Lipinski definition) is 26. The van der Waals surface area contributed by atoms with Gasteiger partial charge in [0.1, 0.15) is 24.6 Å². The third-order valence-electron chi connectivity index (χ3n) is 16.0. The molecule has 0 saturated carbocycles. The molecule has 4 aromatic rings. The van der Waals surface area contributed by atoms with Crippen LogP contribution in [0.1, 0.15) is 132 Å². The Balaban J connectivity index is 0.00000131. The Hall–Kier alpha value is -7.84. The van der Waals surface area contributed by atoms with Gasteiger partial charge in [-0.25, -0.2) is 24.1 Å². The van der Waals surface area contributed by atoms with Crippen LogP contribution in [0.25, 0.3) is 35.2 Å². The minimum absolute atomic E-state index is 0.0203. The number of carboxylic acid groups (broad SMARTS) is 1. The van der Waals surface area contributed by atoms with Crippen molar-refractivity contribution in [2.24, 2.45) is 35.1 Å². The number of nitrogens with one attached hydrogen (secondary N) is 3. The number of carbonyl (C=O) groups excluding carboxylic acids is 7. The number of rotatable bonds is 20. The quantitative estimate of drug-likeness (QED) is 0.0141. The molecule has 628 valence electrons. The number of carboxylic acids is 1. The number of alkyl halides is 1. The summed E-state index contributed by atoms with van der Waals surface area (Å²) >= 11 is 2.94. The lowest BCUT2D eigenvalue weighted by Gasteiger charge is -2.38. The lowest BCUT2D eigenvalue weighted by atomic mass is 9.96. The molecular formula is C77H129BrN14O19. The third-order valence-corrected chi connectivity index (χ3v) is 16.5. The van der Waals surface area contributed by atoms with Crippen LogP contribution in [0.4, 0.5) is 0 Å². The van der Waals surface area contributed by atoms with E-state index in [1.165, 1.54) is 58.7 Å². The Morgan fingerprint density at radius 1 is 0.586 bits per heavy atom. The van der Waals surface area contributed by atoms with Gasteiger partial charge in [-0.05, 0) is 158 Å². The Morgan fingerprint density at radius 3 is 1.30 bits per heavy atom. The van der Waals surface area contributed by atoms with Crippen LogP contribution < -0.4 is 27.6 Å². The third kappa shape index (κ3) is 46.7. The number of hydrogen-bond donors (Lipinski definition) is 10. The smallest absolute Gasteiger partial charge is 0.329 e. The number of ether oxygens (including phenoxy) is 6. The van der Waals surface area contributed by atoms with Crippen LogP contribution in [0.2, 0.25) is 0 Å². The Bertz CT molecular complexity index is 3270. The van der Waals surface area contributed by atoms with Crippen LogP contribution in [0, 0.1) is 51.4 Å². The molecule has 0 radical (unpaired) electrons. The summed E-state index contributed by atoms with van der Waals surface area (Å²) in [6.07, 6.45) is 10.1. The van der Waals surface area contributed by atoms with Gasteiger partial charge in [0.15, 0.2) is 17.4 Å². The topological polar surface area (TPSA) is 452 Å². The number of morpholine rings is 3. The predicted molar refractivity (Wildman–Crippen MR) is 428 cm³/mol. The number of aliphatic hydroxyl groups is 4. The molecule has 6 heterocycles. The molecule has 12 N–H and O–H groups in total. The van der Waals surface area contributed by atoms with E-state index in [0.717, 1.165) is 70.9 Å². The first-order valence-corrected chi connectivity index (χ1v) is 38.4. The number of esters is 2. The Morgan fingerprint density at radius 2 is 0.964 bits per heavy atom. The molecule has 33 nitrogen and oxygen atoms in total. The Kier molecular flexibility index (Phi) is 54.8. The van der Waals surface area contributed by atoms with E-state index in [-0.39, 0.29) is 74.9 Å². The fraction of sp³-hybridized carbons (Fsp3) is 0.636. The number of nitrogens with two attached hydrogens (primary N) is 2. The van der Waals surface area contributed by atoms with E-state index >= 15 is 0 Å². The average molecular weight is 1630 g/mol. The predicted octanol–water partition coefficient (Wildman–Crippen LogP) is 4.87. The van der Waals surface area contributed by atoms with Crippen LogP contribution in [-0.4, -0.2) is 277 Å². The van der Waals surface area contributed by atoms with Gasteiger partial charge in [0.05, 0.1) is 91.3 Å². The van der Waals surface area contributed by atoms with Gasteiger partial charge in [0.25, 0.3) is 5.91 Å². The van der Waals surface area contributed by atoms with Crippen LogP contribution in [0.15, 0.2) is 61.2 Å². The summed E-state index contributed by atoms with van der Waals surface area (Å²) in [4.78, 5) is 103. The van der Waals surface area contributed by atoms with Crippen LogP contribution in [-0.2, 0) is 66.8 Å². The van der Waals surface area contributed by atoms with Gasteiger partial charge in [-0.1, -0.05) is 78.0 Å². The summed E-state index contributed by atoms with van der Waals surface area (Å²) in [7, 11) is 0. The average Bonchev–Trinajstić information content (AvgIpc) is 1.83. The standard InChI is InChI=1S/C21H26N6O4.C13H13N3O2.C10H19NO3.C9H19N3O2.C7H16O2.C7H14O.C4H7BrO2.C3H9NO.C3H6O2/c1-13-7-14(2)9-17(8-13)19-22-12-26(25-19)6-5-18(28)23-24-20(29)21(30)27-15(3)10-31-11-16(27)4;1-9-5-10(2)7-11(6-9)13-14-8-16(15-13)4-3-12(17)18;1-4-14-10(12)5-11-8(2)6-13-7-9(11)3;1-7-4-14-5-8(2)12(7)3-9(13)11-6-10;1-6(4-8)3-7(2)5-9;1-6-3-7(2)5-8-4-6;1-2-7-4(6)3-5;1-3(4)2-5;1-3(5)2-4/h5-9,12,15-16H,10-11H2,1-4H3,(H,23,28)(H,24,29);3-8H,1-2H3,(H,17,18);8-9H,4-7H2,1-3H3;7-8H,3-6,10H2,1-2H3,(H,11,13);6-9H,3-5H2,1-2H3;6-7H,3-5H2,1-2H3;2-3H2,1H3;3,5H,2,4H2,1H3;4H,2H2,1H3/b6-5-;4-3-;;;;;;;. The van der Waals surface area contributed by atoms with Crippen molar-refractivity contribution in [1.29, 1.82) is 0 Å². The lowest BCUT2D eigenvalue weighted by molar-refractivity contribution is -0.155. The summed E-state index contributed by atoms with van der Waals surface area (Å²) < 4.78 is 33.6. The van der Waals surface area contributed by atoms with E-state index in [0.29, 0.717) is 119 Å². The summed E-state index contributed by atoms with van der Waals surface area (Å²) in [5, 5.41) is 52.9. The number of aliphatic hydroxyl groups excluding tert-OH is 4. The minimum atomic E-state index is -1.02. The van der Waals surface area contributed by atoms with Gasteiger partial charge in [-0.2, -0.15) is 0 Å². The van der Waals surface area contributed by atoms with Gasteiger partial charge < -0.3 is 75.6 Å². The summed E-state index contributed by atoms with van der Waals surface area (Å²) in [5.74, 6) is -0.486. The number of Topliss-reactive ketones (excluding diaryl/α,β-unsaturated/α-hetero) is 1. The molecule has 4 aliphatic rings. The summed E-state index contributed by atoms with van der Waals surface area (Å²) in [5.41, 5.74) is 20.9. The monoisotopic (exact) mass is 1630 g/mol. The highest BCUT2D eigenvalue weighted by molar-refractivity contribution is 9.09. The fourth-order valence-corrected chi connectivity index (χ4v) is 11.1. The van der Waals surface area contributed by atoms with E-state index in [4.69, 9.17) is 60.7 Å². The number of nitrogens with zero attached hydrogens (tertiary/aromatic N) is 9. The van der Waals surface area contributed by atoms with Crippen molar-refractivity contribution >= 4 is 75.6 Å². The highest BCUT2D eigenvalue weighted by Gasteiger charge is 2.34. The lowest BCUT2D eigenvalue weighted by Crippen LogP contribution is -2.58. The van der Waals surface area contributed by atoms with E-state index in [1.54, 1.807) is 27.7 Å². The Labute approximate surface area is 664 Å². The molecule has 0 bridgehead atoms. The largest absolute Gasteiger partial charge is 0.478 e. The maximum absolute atomic E-state index is 12.4. The fourth-order valence-electron chi connectivity index (χ4n) is 10.9. The number of aromatic nitrogens is 6. The number of ketones is 1. The first kappa shape index (κ1) is 103. The number of halogens is 1. The summed E-state index contributed by atoms with van der Waals surface area (Å²) in [6.45, 7) is 42.6. The molecule has 2 aromatic heterocycles. The van der Waals surface area contributed by atoms with Gasteiger partial charge in [0, 0.05) is 92.3 Å². The van der Waals surface area contributed by atoms with Crippen molar-refractivity contribution in [2.75, 3.05) is 118 Å². The van der Waals surface area contributed by atoms with Gasteiger partial charge >= 0.3 is 29.7 Å². The molecule has 34 heteroatoms. The molecule has 4 fully saturated rings. The van der Waals surface area contributed by atoms with E-state index in [1.807, 2.05) is 72.7 Å². The second-order valence-electron chi connectivity index (χ2n) is 27.9. The number of hydrazine groups is 1. The molecular weight excluding hydrogens is 1500 g/mol. The van der Waals surface area contributed by atoms with Gasteiger partial charge in [-0.3, -0.25) is 54.2 Å². The SMILES string of the molecule is CC(=O)CO.CC(CO)CC(C)CO.CC(N)CO.CC1COCC(C)C1.CC1COCC(C)N1CC(=O)NCN.CCOC(=O)CBr.CCOC(=O)CN1C(C)COCC1C.Cc1cc(C)cc(-c2ncn(/C=C\C(=O)NNC(=O)C(=O)N3C(C)COCC3C)n2)c1.Cc1cc(C)cc(-c2ncn(/C=C\C(=O)O)n2)c1. The zero-order valence-electron chi connectivity index (χ0n) is 68.4.